The van der Waals surface area contributed by atoms with Crippen molar-refractivity contribution in [2.45, 2.75) is 13.3 Å². The predicted octanol–water partition coefficient (Wildman–Crippen LogP) is 3.11. The van der Waals surface area contributed by atoms with Crippen LogP contribution < -0.4 is 0 Å². The molecular weight excluding hydrogens is 260 g/mol. The van der Waals surface area contributed by atoms with Gasteiger partial charge in [-0.1, -0.05) is 60.7 Å². The number of hydrogen-bond acceptors (Lipinski definition) is 2. The summed E-state index contributed by atoms with van der Waals surface area (Å²) in [5, 5.41) is 6.12. The van der Waals surface area contributed by atoms with Crippen molar-refractivity contribution >= 4 is 11.6 Å². The van der Waals surface area contributed by atoms with Gasteiger partial charge in [0.25, 0.3) is 0 Å². The fourth-order valence-electron chi connectivity index (χ4n) is 2.71. The molecule has 1 aliphatic rings. The second-order valence-electron chi connectivity index (χ2n) is 5.34. The lowest BCUT2D eigenvalue weighted by atomic mass is 9.91. The maximum absolute atomic E-state index is 11.6. The molecule has 21 heavy (non-hydrogen) atoms. The van der Waals surface area contributed by atoms with E-state index in [9.17, 15) is 4.79 Å². The Balaban J connectivity index is 1.88. The Hall–Kier alpha value is -2.42. The predicted molar refractivity (Wildman–Crippen MR) is 84.0 cm³/mol. The van der Waals surface area contributed by atoms with Crippen LogP contribution in [-0.4, -0.2) is 23.2 Å². The minimum Gasteiger partial charge on any atom is -0.273 e. The molecule has 3 rings (SSSR count). The highest BCUT2D eigenvalue weighted by Crippen LogP contribution is 2.23. The number of hydrogen-bond donors (Lipinski definition) is 0. The summed E-state index contributed by atoms with van der Waals surface area (Å²) in [5.41, 5.74) is 3.38. The van der Waals surface area contributed by atoms with Gasteiger partial charge in [0.2, 0.25) is 5.91 Å². The van der Waals surface area contributed by atoms with E-state index >= 15 is 0 Å². The Morgan fingerprint density at radius 2 is 1.71 bits per heavy atom. The Bertz CT molecular complexity index is 649. The lowest BCUT2D eigenvalue weighted by Gasteiger charge is -2.13. The van der Waals surface area contributed by atoms with Crippen LogP contribution in [0.4, 0.5) is 0 Å². The molecule has 3 nitrogen and oxygen atoms in total. The van der Waals surface area contributed by atoms with E-state index in [1.807, 2.05) is 36.4 Å². The van der Waals surface area contributed by atoms with Gasteiger partial charge in [-0.2, -0.15) is 5.10 Å². The molecule has 0 aromatic heterocycles. The molecule has 1 aliphatic heterocycles. The van der Waals surface area contributed by atoms with E-state index in [2.05, 4.69) is 29.4 Å². The van der Waals surface area contributed by atoms with Crippen LogP contribution in [0.3, 0.4) is 0 Å². The summed E-state index contributed by atoms with van der Waals surface area (Å²) in [6.07, 6.45) is 0.901. The molecule has 106 valence electrons. The highest BCUT2D eigenvalue weighted by molar-refractivity contribution is 6.04. The third-order valence-corrected chi connectivity index (χ3v) is 3.77. The molecule has 0 saturated heterocycles. The molecule has 3 heteroatoms. The van der Waals surface area contributed by atoms with Crippen molar-refractivity contribution in [3.63, 3.8) is 0 Å². The smallest absolute Gasteiger partial charge is 0.239 e. The van der Waals surface area contributed by atoms with Crippen LogP contribution >= 0.6 is 0 Å². The van der Waals surface area contributed by atoms with Crippen molar-refractivity contribution in [1.82, 2.24) is 5.01 Å². The SMILES string of the molecule is CC(=O)N1CC(Cc2ccccc2)C(c2ccccc2)=N1. The van der Waals surface area contributed by atoms with E-state index < -0.39 is 0 Å². The lowest BCUT2D eigenvalue weighted by Crippen LogP contribution is -2.25. The summed E-state index contributed by atoms with van der Waals surface area (Å²) in [5.74, 6) is 0.248. The van der Waals surface area contributed by atoms with Crippen LogP contribution in [0.25, 0.3) is 0 Å². The maximum atomic E-state index is 11.6. The van der Waals surface area contributed by atoms with Crippen molar-refractivity contribution in [3.05, 3.63) is 71.8 Å². The number of carbonyl (C=O) groups is 1. The van der Waals surface area contributed by atoms with Crippen LogP contribution in [0.15, 0.2) is 65.8 Å². The van der Waals surface area contributed by atoms with Crippen LogP contribution in [0.5, 0.6) is 0 Å². The minimum absolute atomic E-state index is 0.000933. The average Bonchev–Trinajstić information content (AvgIpc) is 2.93. The summed E-state index contributed by atoms with van der Waals surface area (Å²) < 4.78 is 0. The molecule has 1 heterocycles. The number of hydrazone groups is 1. The van der Waals surface area contributed by atoms with E-state index in [0.717, 1.165) is 17.7 Å². The molecule has 0 spiro atoms. The highest BCUT2D eigenvalue weighted by Gasteiger charge is 2.29. The largest absolute Gasteiger partial charge is 0.273 e. The van der Waals surface area contributed by atoms with Gasteiger partial charge in [0.15, 0.2) is 0 Å². The van der Waals surface area contributed by atoms with Gasteiger partial charge in [0.05, 0.1) is 12.3 Å². The first kappa shape index (κ1) is 13.6. The third kappa shape index (κ3) is 3.02. The summed E-state index contributed by atoms with van der Waals surface area (Å²) >= 11 is 0. The summed E-state index contributed by atoms with van der Waals surface area (Å²) in [7, 11) is 0. The molecule has 1 atom stereocenters. The van der Waals surface area contributed by atoms with Crippen molar-refractivity contribution in [2.24, 2.45) is 11.0 Å². The Labute approximate surface area is 124 Å². The summed E-state index contributed by atoms with van der Waals surface area (Å²) in [6.45, 7) is 2.23. The number of benzene rings is 2. The van der Waals surface area contributed by atoms with Crippen LogP contribution in [0, 0.1) is 5.92 Å². The van der Waals surface area contributed by atoms with E-state index in [-0.39, 0.29) is 11.8 Å². The Morgan fingerprint density at radius 1 is 1.10 bits per heavy atom. The molecule has 0 bridgehead atoms. The Morgan fingerprint density at radius 3 is 2.33 bits per heavy atom. The molecule has 1 unspecified atom stereocenters. The summed E-state index contributed by atoms with van der Waals surface area (Å²) in [4.78, 5) is 11.6. The van der Waals surface area contributed by atoms with Crippen LogP contribution in [-0.2, 0) is 11.2 Å². The number of rotatable bonds is 3. The van der Waals surface area contributed by atoms with E-state index in [1.54, 1.807) is 11.9 Å². The van der Waals surface area contributed by atoms with E-state index in [4.69, 9.17) is 0 Å². The van der Waals surface area contributed by atoms with Crippen molar-refractivity contribution < 1.29 is 4.79 Å². The average molecular weight is 278 g/mol. The number of amides is 1. The van der Waals surface area contributed by atoms with Gasteiger partial charge in [0, 0.05) is 12.8 Å². The standard InChI is InChI=1S/C18H18N2O/c1-14(21)20-13-17(12-15-8-4-2-5-9-15)18(19-20)16-10-6-3-7-11-16/h2-11,17H,12-13H2,1H3. The van der Waals surface area contributed by atoms with E-state index in [1.165, 1.54) is 5.56 Å². The normalized spacial score (nSPS) is 17.7. The molecule has 0 radical (unpaired) electrons. The molecule has 2 aromatic carbocycles. The number of nitrogens with zero attached hydrogens (tertiary/aromatic N) is 2. The van der Waals surface area contributed by atoms with E-state index in [0.29, 0.717) is 6.54 Å². The zero-order valence-corrected chi connectivity index (χ0v) is 12.1. The van der Waals surface area contributed by atoms with Gasteiger partial charge in [-0.05, 0) is 17.5 Å². The van der Waals surface area contributed by atoms with Crippen molar-refractivity contribution in [3.8, 4) is 0 Å². The quantitative estimate of drug-likeness (QED) is 0.849. The fourth-order valence-corrected chi connectivity index (χ4v) is 2.71. The highest BCUT2D eigenvalue weighted by atomic mass is 16.2. The van der Waals surface area contributed by atoms with Gasteiger partial charge < -0.3 is 0 Å². The summed E-state index contributed by atoms with van der Waals surface area (Å²) in [6, 6.07) is 20.5. The zero-order chi connectivity index (χ0) is 14.7. The molecule has 0 N–H and O–H groups in total. The molecule has 2 aromatic rings. The first-order valence-electron chi connectivity index (χ1n) is 7.20. The molecule has 0 fully saturated rings. The Kier molecular flexibility index (Phi) is 3.82. The van der Waals surface area contributed by atoms with Gasteiger partial charge in [0.1, 0.15) is 0 Å². The number of carbonyl (C=O) groups excluding carboxylic acids is 1. The second-order valence-corrected chi connectivity index (χ2v) is 5.34. The molecule has 0 aliphatic carbocycles. The van der Waals surface area contributed by atoms with Crippen LogP contribution in [0.1, 0.15) is 18.1 Å². The lowest BCUT2D eigenvalue weighted by molar-refractivity contribution is -0.128. The molecular formula is C18H18N2O. The van der Waals surface area contributed by atoms with Crippen molar-refractivity contribution in [2.75, 3.05) is 6.54 Å². The third-order valence-electron chi connectivity index (χ3n) is 3.77. The topological polar surface area (TPSA) is 32.7 Å². The maximum Gasteiger partial charge on any atom is 0.239 e. The van der Waals surface area contributed by atoms with Gasteiger partial charge in [-0.25, -0.2) is 5.01 Å². The monoisotopic (exact) mass is 278 g/mol. The molecule has 0 saturated carbocycles. The minimum atomic E-state index is -0.000933. The van der Waals surface area contributed by atoms with Crippen LogP contribution in [0.2, 0.25) is 0 Å². The van der Waals surface area contributed by atoms with Gasteiger partial charge in [-0.15, -0.1) is 0 Å². The fraction of sp³-hybridized carbons (Fsp3) is 0.222. The second kappa shape index (κ2) is 5.92. The zero-order valence-electron chi connectivity index (χ0n) is 12.1. The van der Waals surface area contributed by atoms with Gasteiger partial charge >= 0.3 is 0 Å². The first-order valence-corrected chi connectivity index (χ1v) is 7.20. The van der Waals surface area contributed by atoms with Gasteiger partial charge in [-0.3, -0.25) is 4.79 Å². The first-order chi connectivity index (χ1) is 10.2. The molecule has 1 amide bonds. The van der Waals surface area contributed by atoms with Crippen molar-refractivity contribution in [1.29, 1.82) is 0 Å².